The highest BCUT2D eigenvalue weighted by molar-refractivity contribution is 5.78. The maximum Gasteiger partial charge on any atom is 0.223 e. The molecule has 4 heteroatoms. The molecule has 0 aliphatic rings. The number of para-hydroxylation sites is 1. The van der Waals surface area contributed by atoms with Crippen molar-refractivity contribution in [2.45, 2.75) is 32.7 Å². The van der Waals surface area contributed by atoms with Crippen molar-refractivity contribution in [1.29, 1.82) is 0 Å². The van der Waals surface area contributed by atoms with Crippen LogP contribution in [0.5, 0.6) is 5.75 Å². The molecule has 1 rings (SSSR count). The van der Waals surface area contributed by atoms with Gasteiger partial charge in [0.15, 0.2) is 0 Å². The number of ether oxygens (including phenoxy) is 1. The van der Waals surface area contributed by atoms with Crippen molar-refractivity contribution in [2.24, 2.45) is 11.7 Å². The summed E-state index contributed by atoms with van der Waals surface area (Å²) in [6.45, 7) is 4.52. The summed E-state index contributed by atoms with van der Waals surface area (Å²) in [6.07, 6.45) is 1.69. The molecular weight excluding hydrogens is 240 g/mol. The molecule has 19 heavy (non-hydrogen) atoms. The molecule has 2 atom stereocenters. The van der Waals surface area contributed by atoms with Crippen LogP contribution in [0.1, 0.15) is 38.3 Å². The molecule has 0 fully saturated rings. The van der Waals surface area contributed by atoms with Gasteiger partial charge in [-0.05, 0) is 32.4 Å². The van der Waals surface area contributed by atoms with Crippen molar-refractivity contribution in [3.05, 3.63) is 29.8 Å². The Bertz CT molecular complexity index is 407. The first kappa shape index (κ1) is 15.5. The smallest absolute Gasteiger partial charge is 0.223 e. The Morgan fingerprint density at radius 2 is 2.05 bits per heavy atom. The highest BCUT2D eigenvalue weighted by atomic mass is 16.5. The molecule has 1 unspecified atom stereocenters. The first-order chi connectivity index (χ1) is 9.10. The maximum atomic E-state index is 12.0. The number of hydrogen-bond acceptors (Lipinski definition) is 3. The van der Waals surface area contributed by atoms with E-state index in [4.69, 9.17) is 10.5 Å². The SMILES string of the molecule is COc1ccccc1[C@@H](C)NC(=O)C(C)CCCN. The number of benzene rings is 1. The Kier molecular flexibility index (Phi) is 6.36. The largest absolute Gasteiger partial charge is 0.496 e. The number of carbonyl (C=O) groups excluding carboxylic acids is 1. The average molecular weight is 264 g/mol. The molecule has 0 radical (unpaired) electrons. The van der Waals surface area contributed by atoms with Gasteiger partial charge in [-0.1, -0.05) is 25.1 Å². The van der Waals surface area contributed by atoms with Crippen LogP contribution < -0.4 is 15.8 Å². The van der Waals surface area contributed by atoms with Gasteiger partial charge in [0.25, 0.3) is 0 Å². The number of nitrogens with two attached hydrogens (primary N) is 1. The lowest BCUT2D eigenvalue weighted by Crippen LogP contribution is -2.32. The number of nitrogens with one attached hydrogen (secondary N) is 1. The van der Waals surface area contributed by atoms with E-state index in [1.165, 1.54) is 0 Å². The van der Waals surface area contributed by atoms with Crippen LogP contribution in [0.3, 0.4) is 0 Å². The lowest BCUT2D eigenvalue weighted by molar-refractivity contribution is -0.125. The van der Waals surface area contributed by atoms with Crippen LogP contribution in [0.4, 0.5) is 0 Å². The monoisotopic (exact) mass is 264 g/mol. The first-order valence-electron chi connectivity index (χ1n) is 6.73. The summed E-state index contributed by atoms with van der Waals surface area (Å²) in [6, 6.07) is 7.66. The second-order valence-corrected chi connectivity index (χ2v) is 4.80. The van der Waals surface area contributed by atoms with E-state index in [0.717, 1.165) is 24.2 Å². The van der Waals surface area contributed by atoms with E-state index in [1.807, 2.05) is 38.1 Å². The Morgan fingerprint density at radius 1 is 1.37 bits per heavy atom. The van der Waals surface area contributed by atoms with Gasteiger partial charge >= 0.3 is 0 Å². The van der Waals surface area contributed by atoms with Gasteiger partial charge in [0, 0.05) is 11.5 Å². The molecule has 1 amide bonds. The van der Waals surface area contributed by atoms with Crippen molar-refractivity contribution >= 4 is 5.91 Å². The summed E-state index contributed by atoms with van der Waals surface area (Å²) in [4.78, 5) is 12.0. The van der Waals surface area contributed by atoms with E-state index in [0.29, 0.717) is 6.54 Å². The van der Waals surface area contributed by atoms with Crippen LogP contribution in [0.15, 0.2) is 24.3 Å². The Morgan fingerprint density at radius 3 is 2.68 bits per heavy atom. The molecule has 1 aromatic rings. The van der Waals surface area contributed by atoms with Crippen LogP contribution in [0, 0.1) is 5.92 Å². The predicted molar refractivity (Wildman–Crippen MR) is 77.0 cm³/mol. The van der Waals surface area contributed by atoms with Crippen LogP contribution in [-0.4, -0.2) is 19.6 Å². The summed E-state index contributed by atoms with van der Waals surface area (Å²) >= 11 is 0. The zero-order valence-corrected chi connectivity index (χ0v) is 12.0. The fraction of sp³-hybridized carbons (Fsp3) is 0.533. The van der Waals surface area contributed by atoms with Gasteiger partial charge in [-0.25, -0.2) is 0 Å². The van der Waals surface area contributed by atoms with Crippen molar-refractivity contribution in [3.63, 3.8) is 0 Å². The second-order valence-electron chi connectivity index (χ2n) is 4.80. The highest BCUT2D eigenvalue weighted by Gasteiger charge is 2.17. The molecule has 0 heterocycles. The van der Waals surface area contributed by atoms with Gasteiger partial charge in [-0.3, -0.25) is 4.79 Å². The lowest BCUT2D eigenvalue weighted by atomic mass is 10.0. The topological polar surface area (TPSA) is 64.3 Å². The number of methoxy groups -OCH3 is 1. The fourth-order valence-electron chi connectivity index (χ4n) is 2.01. The number of amides is 1. The maximum absolute atomic E-state index is 12.0. The van der Waals surface area contributed by atoms with Crippen molar-refractivity contribution in [2.75, 3.05) is 13.7 Å². The number of rotatable bonds is 7. The summed E-state index contributed by atoms with van der Waals surface area (Å²) < 4.78 is 5.31. The van der Waals surface area contributed by atoms with Gasteiger partial charge in [0.1, 0.15) is 5.75 Å². The summed E-state index contributed by atoms with van der Waals surface area (Å²) in [5.41, 5.74) is 6.45. The Labute approximate surface area is 115 Å². The summed E-state index contributed by atoms with van der Waals surface area (Å²) in [7, 11) is 1.64. The zero-order valence-electron chi connectivity index (χ0n) is 12.0. The van der Waals surface area contributed by atoms with E-state index >= 15 is 0 Å². The standard InChI is InChI=1S/C15H24N2O2/c1-11(7-6-10-16)15(18)17-12(2)13-8-4-5-9-14(13)19-3/h4-5,8-9,11-12H,6-7,10,16H2,1-3H3,(H,17,18)/t11?,12-/m1/s1. The third-order valence-corrected chi connectivity index (χ3v) is 3.25. The lowest BCUT2D eigenvalue weighted by Gasteiger charge is -2.19. The van der Waals surface area contributed by atoms with E-state index in [9.17, 15) is 4.79 Å². The van der Waals surface area contributed by atoms with E-state index in [1.54, 1.807) is 7.11 Å². The Balaban J connectivity index is 2.63. The minimum absolute atomic E-state index is 0.0132. The molecule has 0 spiro atoms. The molecule has 0 aliphatic heterocycles. The minimum atomic E-state index is -0.0658. The van der Waals surface area contributed by atoms with Gasteiger partial charge in [-0.15, -0.1) is 0 Å². The minimum Gasteiger partial charge on any atom is -0.496 e. The molecule has 0 saturated heterocycles. The third-order valence-electron chi connectivity index (χ3n) is 3.25. The average Bonchev–Trinajstić information content (AvgIpc) is 2.44. The van der Waals surface area contributed by atoms with Gasteiger partial charge in [0.2, 0.25) is 5.91 Å². The van der Waals surface area contributed by atoms with Crippen LogP contribution in [-0.2, 0) is 4.79 Å². The van der Waals surface area contributed by atoms with E-state index in [-0.39, 0.29) is 17.9 Å². The molecule has 0 saturated carbocycles. The molecule has 0 aromatic heterocycles. The number of carbonyl (C=O) groups is 1. The molecule has 3 N–H and O–H groups in total. The molecule has 106 valence electrons. The quantitative estimate of drug-likeness (QED) is 0.794. The fourth-order valence-corrected chi connectivity index (χ4v) is 2.01. The van der Waals surface area contributed by atoms with E-state index < -0.39 is 0 Å². The molecule has 1 aromatic carbocycles. The zero-order chi connectivity index (χ0) is 14.3. The summed E-state index contributed by atoms with van der Waals surface area (Å²) in [5.74, 6) is 0.845. The van der Waals surface area contributed by atoms with Crippen LogP contribution in [0.2, 0.25) is 0 Å². The van der Waals surface area contributed by atoms with Gasteiger partial charge < -0.3 is 15.8 Å². The highest BCUT2D eigenvalue weighted by Crippen LogP contribution is 2.24. The first-order valence-corrected chi connectivity index (χ1v) is 6.73. The third kappa shape index (κ3) is 4.56. The molecule has 4 nitrogen and oxygen atoms in total. The number of hydrogen-bond donors (Lipinski definition) is 2. The van der Waals surface area contributed by atoms with Gasteiger partial charge in [-0.2, -0.15) is 0 Å². The van der Waals surface area contributed by atoms with Crippen LogP contribution >= 0.6 is 0 Å². The molecule has 0 bridgehead atoms. The predicted octanol–water partition coefficient (Wildman–Crippen LogP) is 2.25. The molecular formula is C15H24N2O2. The van der Waals surface area contributed by atoms with Crippen molar-refractivity contribution in [3.8, 4) is 5.75 Å². The van der Waals surface area contributed by atoms with E-state index in [2.05, 4.69) is 5.32 Å². The van der Waals surface area contributed by atoms with Crippen molar-refractivity contribution in [1.82, 2.24) is 5.32 Å². The van der Waals surface area contributed by atoms with Crippen molar-refractivity contribution < 1.29 is 9.53 Å². The van der Waals surface area contributed by atoms with Crippen LogP contribution in [0.25, 0.3) is 0 Å². The normalized spacial score (nSPS) is 13.7. The summed E-state index contributed by atoms with van der Waals surface area (Å²) in [5, 5.41) is 3.02. The van der Waals surface area contributed by atoms with Gasteiger partial charge in [0.05, 0.1) is 13.2 Å². The Hall–Kier alpha value is -1.55. The second kappa shape index (κ2) is 7.79. The molecule has 0 aliphatic carbocycles.